The van der Waals surface area contributed by atoms with E-state index in [1.165, 1.54) is 16.9 Å². The topological polar surface area (TPSA) is 37.3 Å². The SMILES string of the molecule is Cc1ccc(-c2csc(N/N=C\c3cccc(Cl)c3Cl)n2)cc1. The molecule has 3 aromatic rings. The highest BCUT2D eigenvalue weighted by Gasteiger charge is 2.04. The number of thiazole rings is 1. The van der Waals surface area contributed by atoms with Crippen molar-refractivity contribution < 1.29 is 0 Å². The number of nitrogens with one attached hydrogen (secondary N) is 1. The van der Waals surface area contributed by atoms with Crippen LogP contribution in [0.2, 0.25) is 10.0 Å². The maximum Gasteiger partial charge on any atom is 0.203 e. The van der Waals surface area contributed by atoms with Crippen LogP contribution in [0.5, 0.6) is 0 Å². The highest BCUT2D eigenvalue weighted by Crippen LogP contribution is 2.26. The van der Waals surface area contributed by atoms with E-state index in [9.17, 15) is 0 Å². The largest absolute Gasteiger partial charge is 0.253 e. The van der Waals surface area contributed by atoms with Crippen LogP contribution in [0.3, 0.4) is 0 Å². The Kier molecular flexibility index (Phi) is 4.96. The molecule has 0 amide bonds. The van der Waals surface area contributed by atoms with E-state index in [4.69, 9.17) is 23.2 Å². The number of hydrazone groups is 1. The molecule has 0 saturated carbocycles. The van der Waals surface area contributed by atoms with Gasteiger partial charge in [0, 0.05) is 16.5 Å². The molecular weight excluding hydrogens is 349 g/mol. The lowest BCUT2D eigenvalue weighted by atomic mass is 10.1. The van der Waals surface area contributed by atoms with Gasteiger partial charge >= 0.3 is 0 Å². The smallest absolute Gasteiger partial charge is 0.203 e. The summed E-state index contributed by atoms with van der Waals surface area (Å²) < 4.78 is 0. The molecular formula is C17H13Cl2N3S. The van der Waals surface area contributed by atoms with Crippen LogP contribution in [0.1, 0.15) is 11.1 Å². The second-order valence-corrected chi connectivity index (χ2v) is 6.56. The fourth-order valence-electron chi connectivity index (χ4n) is 1.96. The first-order valence-corrected chi connectivity index (χ1v) is 8.53. The summed E-state index contributed by atoms with van der Waals surface area (Å²) in [6.07, 6.45) is 1.63. The van der Waals surface area contributed by atoms with Crippen LogP contribution in [-0.4, -0.2) is 11.2 Å². The van der Waals surface area contributed by atoms with E-state index >= 15 is 0 Å². The molecule has 1 aromatic heterocycles. The minimum absolute atomic E-state index is 0.485. The molecule has 0 bridgehead atoms. The Balaban J connectivity index is 1.71. The van der Waals surface area contributed by atoms with E-state index in [0.717, 1.165) is 22.0 Å². The summed E-state index contributed by atoms with van der Waals surface area (Å²) in [6.45, 7) is 2.06. The minimum Gasteiger partial charge on any atom is -0.253 e. The molecule has 6 heteroatoms. The van der Waals surface area contributed by atoms with Gasteiger partial charge in [-0.2, -0.15) is 5.10 Å². The molecule has 0 aliphatic heterocycles. The van der Waals surface area contributed by atoms with Crippen LogP contribution in [-0.2, 0) is 0 Å². The zero-order valence-electron chi connectivity index (χ0n) is 12.3. The van der Waals surface area contributed by atoms with Crippen LogP contribution in [0.25, 0.3) is 11.3 Å². The lowest BCUT2D eigenvalue weighted by molar-refractivity contribution is 1.29. The third-order valence-electron chi connectivity index (χ3n) is 3.20. The van der Waals surface area contributed by atoms with Gasteiger partial charge in [0.05, 0.1) is 22.0 Å². The maximum atomic E-state index is 6.11. The first kappa shape index (κ1) is 16.0. The number of nitrogens with zero attached hydrogens (tertiary/aromatic N) is 2. The Labute approximate surface area is 148 Å². The van der Waals surface area contributed by atoms with E-state index in [1.807, 2.05) is 17.5 Å². The van der Waals surface area contributed by atoms with Crippen molar-refractivity contribution in [2.45, 2.75) is 6.92 Å². The van der Waals surface area contributed by atoms with Gasteiger partial charge in [-0.3, -0.25) is 5.43 Å². The molecule has 0 unspecified atom stereocenters. The number of rotatable bonds is 4. The van der Waals surface area contributed by atoms with Gasteiger partial charge in [0.15, 0.2) is 0 Å². The third kappa shape index (κ3) is 3.91. The van der Waals surface area contributed by atoms with Gasteiger partial charge in [0.2, 0.25) is 5.13 Å². The van der Waals surface area contributed by atoms with Crippen LogP contribution in [0, 0.1) is 6.92 Å². The number of halogens is 2. The number of aryl methyl sites for hydroxylation is 1. The second kappa shape index (κ2) is 7.13. The molecule has 3 nitrogen and oxygen atoms in total. The van der Waals surface area contributed by atoms with Gasteiger partial charge in [-0.15, -0.1) is 11.3 Å². The zero-order chi connectivity index (χ0) is 16.2. The van der Waals surface area contributed by atoms with E-state index in [-0.39, 0.29) is 0 Å². The molecule has 116 valence electrons. The Bertz CT molecular complexity index is 841. The lowest BCUT2D eigenvalue weighted by Crippen LogP contribution is -1.91. The average Bonchev–Trinajstić information content (AvgIpc) is 3.01. The monoisotopic (exact) mass is 361 g/mol. The van der Waals surface area contributed by atoms with Gasteiger partial charge in [0.1, 0.15) is 0 Å². The van der Waals surface area contributed by atoms with Gasteiger partial charge in [-0.1, -0.05) is 65.2 Å². The Morgan fingerprint density at radius 2 is 1.91 bits per heavy atom. The van der Waals surface area contributed by atoms with E-state index in [0.29, 0.717) is 10.0 Å². The molecule has 0 atom stereocenters. The van der Waals surface area contributed by atoms with Gasteiger partial charge in [-0.25, -0.2) is 4.98 Å². The van der Waals surface area contributed by atoms with Gasteiger partial charge < -0.3 is 0 Å². The highest BCUT2D eigenvalue weighted by molar-refractivity contribution is 7.14. The van der Waals surface area contributed by atoms with Crippen molar-refractivity contribution in [3.05, 3.63) is 69.0 Å². The molecule has 0 aliphatic rings. The van der Waals surface area contributed by atoms with E-state index in [2.05, 4.69) is 46.7 Å². The molecule has 0 saturated heterocycles. The summed E-state index contributed by atoms with van der Waals surface area (Å²) in [6, 6.07) is 13.7. The molecule has 1 heterocycles. The summed E-state index contributed by atoms with van der Waals surface area (Å²) in [5.74, 6) is 0. The zero-order valence-corrected chi connectivity index (χ0v) is 14.6. The summed E-state index contributed by atoms with van der Waals surface area (Å²) in [7, 11) is 0. The molecule has 0 fully saturated rings. The Hall–Kier alpha value is -1.88. The van der Waals surface area contributed by atoms with E-state index < -0.39 is 0 Å². The summed E-state index contributed by atoms with van der Waals surface area (Å²) in [5, 5.41) is 7.87. The van der Waals surface area contributed by atoms with Crippen LogP contribution in [0.15, 0.2) is 52.9 Å². The average molecular weight is 362 g/mol. The number of anilines is 1. The molecule has 3 rings (SSSR count). The molecule has 2 aromatic carbocycles. The van der Waals surface area contributed by atoms with Crippen molar-refractivity contribution in [3.8, 4) is 11.3 Å². The molecule has 0 aliphatic carbocycles. The number of hydrogen-bond acceptors (Lipinski definition) is 4. The van der Waals surface area contributed by atoms with Gasteiger partial charge in [-0.05, 0) is 13.0 Å². The standard InChI is InChI=1S/C17H13Cl2N3S/c1-11-5-7-12(8-6-11)15-10-23-17(21-15)22-20-9-13-3-2-4-14(18)16(13)19/h2-10H,1H3,(H,21,22)/b20-9-. The summed E-state index contributed by atoms with van der Waals surface area (Å²) >= 11 is 13.6. The summed E-state index contributed by atoms with van der Waals surface area (Å²) in [4.78, 5) is 4.52. The van der Waals surface area contributed by atoms with Crippen molar-refractivity contribution in [1.29, 1.82) is 0 Å². The van der Waals surface area contributed by atoms with Crippen molar-refractivity contribution in [1.82, 2.24) is 4.98 Å². The highest BCUT2D eigenvalue weighted by atomic mass is 35.5. The fraction of sp³-hybridized carbons (Fsp3) is 0.0588. The second-order valence-electron chi connectivity index (χ2n) is 4.92. The minimum atomic E-state index is 0.485. The lowest BCUT2D eigenvalue weighted by Gasteiger charge is -1.99. The van der Waals surface area contributed by atoms with Crippen molar-refractivity contribution in [3.63, 3.8) is 0 Å². The van der Waals surface area contributed by atoms with Crippen molar-refractivity contribution in [2.75, 3.05) is 5.43 Å². The number of aromatic nitrogens is 1. The first-order chi connectivity index (χ1) is 11.1. The quantitative estimate of drug-likeness (QED) is 0.465. The van der Waals surface area contributed by atoms with Crippen molar-refractivity contribution >= 4 is 45.9 Å². The first-order valence-electron chi connectivity index (χ1n) is 6.89. The van der Waals surface area contributed by atoms with Gasteiger partial charge in [0.25, 0.3) is 0 Å². The fourth-order valence-corrected chi connectivity index (χ4v) is 2.98. The van der Waals surface area contributed by atoms with Crippen LogP contribution in [0.4, 0.5) is 5.13 Å². The Morgan fingerprint density at radius 1 is 1.13 bits per heavy atom. The maximum absolute atomic E-state index is 6.11. The number of benzene rings is 2. The molecule has 0 radical (unpaired) electrons. The normalized spacial score (nSPS) is 11.1. The molecule has 1 N–H and O–H groups in total. The Morgan fingerprint density at radius 3 is 2.70 bits per heavy atom. The van der Waals surface area contributed by atoms with Crippen LogP contribution >= 0.6 is 34.5 Å². The van der Waals surface area contributed by atoms with Crippen LogP contribution < -0.4 is 5.43 Å². The summed E-state index contributed by atoms with van der Waals surface area (Å²) in [5.41, 5.74) is 6.90. The van der Waals surface area contributed by atoms with Crippen molar-refractivity contribution in [2.24, 2.45) is 5.10 Å². The van der Waals surface area contributed by atoms with E-state index in [1.54, 1.807) is 12.3 Å². The third-order valence-corrected chi connectivity index (χ3v) is 4.78. The molecule has 23 heavy (non-hydrogen) atoms. The molecule has 0 spiro atoms. The predicted molar refractivity (Wildman–Crippen MR) is 100.0 cm³/mol. The predicted octanol–water partition coefficient (Wildman–Crippen LogP) is 5.87. The number of hydrogen-bond donors (Lipinski definition) is 1.